The number of carbonyl (C=O) groups is 1. The lowest BCUT2D eigenvalue weighted by Gasteiger charge is -2.43. The van der Waals surface area contributed by atoms with Crippen molar-refractivity contribution < 1.29 is 9.53 Å². The fourth-order valence-corrected chi connectivity index (χ4v) is 4.88. The molecule has 1 fully saturated rings. The Morgan fingerprint density at radius 3 is 2.50 bits per heavy atom. The number of nitrogens with one attached hydrogen (secondary N) is 4. The molecule has 4 heterocycles. The Labute approximate surface area is 222 Å². The van der Waals surface area contributed by atoms with Crippen LogP contribution in [-0.4, -0.2) is 65.6 Å². The van der Waals surface area contributed by atoms with Gasteiger partial charge in [0.25, 0.3) is 11.5 Å². The largest absolute Gasteiger partial charge is 0.474 e. The predicted octanol–water partition coefficient (Wildman–Crippen LogP) is 3.80. The SMILES string of the molecule is Cc1c(Nc2cc[nH]c(=O)c2C(=O)Nc2ccc(N3CCN(C(C)(C)C)CC3)cc2)cnc2c1NCCO2. The van der Waals surface area contributed by atoms with Crippen molar-refractivity contribution in [2.75, 3.05) is 60.2 Å². The fourth-order valence-electron chi connectivity index (χ4n) is 4.88. The molecule has 3 aromatic rings. The molecule has 0 spiro atoms. The predicted molar refractivity (Wildman–Crippen MR) is 151 cm³/mol. The van der Waals surface area contributed by atoms with Gasteiger partial charge in [0, 0.05) is 61.4 Å². The van der Waals surface area contributed by atoms with Crippen LogP contribution in [0.5, 0.6) is 5.88 Å². The Bertz CT molecular complexity index is 1370. The number of carbonyl (C=O) groups excluding carboxylic acids is 1. The zero-order valence-electron chi connectivity index (χ0n) is 22.4. The summed E-state index contributed by atoms with van der Waals surface area (Å²) in [4.78, 5) is 37.8. The Kier molecular flexibility index (Phi) is 6.98. The average molecular weight is 518 g/mol. The van der Waals surface area contributed by atoms with Crippen LogP contribution in [0.2, 0.25) is 0 Å². The van der Waals surface area contributed by atoms with Gasteiger partial charge in [0.15, 0.2) is 0 Å². The van der Waals surface area contributed by atoms with E-state index >= 15 is 0 Å². The van der Waals surface area contributed by atoms with Crippen LogP contribution in [0.15, 0.2) is 47.5 Å². The molecule has 10 heteroatoms. The first-order valence-corrected chi connectivity index (χ1v) is 13.0. The minimum Gasteiger partial charge on any atom is -0.474 e. The normalized spacial score (nSPS) is 15.7. The quantitative estimate of drug-likeness (QED) is 0.404. The number of aromatic amines is 1. The van der Waals surface area contributed by atoms with Gasteiger partial charge in [-0.25, -0.2) is 4.98 Å². The number of ether oxygens (including phenoxy) is 1. The summed E-state index contributed by atoms with van der Waals surface area (Å²) in [5, 5.41) is 9.38. The van der Waals surface area contributed by atoms with Crippen LogP contribution < -0.4 is 31.1 Å². The average Bonchev–Trinajstić information content (AvgIpc) is 2.90. The number of H-pyrrole nitrogens is 1. The van der Waals surface area contributed by atoms with Gasteiger partial charge in [-0.05, 0) is 58.0 Å². The minimum absolute atomic E-state index is 0.00351. The lowest BCUT2D eigenvalue weighted by atomic mass is 10.0. The zero-order chi connectivity index (χ0) is 26.9. The second kappa shape index (κ2) is 10.4. The van der Waals surface area contributed by atoms with Crippen LogP contribution in [0.3, 0.4) is 0 Å². The smallest absolute Gasteiger partial charge is 0.263 e. The van der Waals surface area contributed by atoms with Crippen LogP contribution in [0.4, 0.5) is 28.4 Å². The highest BCUT2D eigenvalue weighted by Crippen LogP contribution is 2.34. The van der Waals surface area contributed by atoms with E-state index in [1.807, 2.05) is 31.2 Å². The molecule has 38 heavy (non-hydrogen) atoms. The number of anilines is 5. The van der Waals surface area contributed by atoms with E-state index in [1.165, 1.54) is 6.20 Å². The van der Waals surface area contributed by atoms with E-state index in [2.05, 4.69) is 56.5 Å². The van der Waals surface area contributed by atoms with Crippen LogP contribution in [0, 0.1) is 6.92 Å². The monoisotopic (exact) mass is 517 g/mol. The summed E-state index contributed by atoms with van der Waals surface area (Å²) in [5.41, 5.74) is 4.18. The molecule has 4 N–H and O–H groups in total. The van der Waals surface area contributed by atoms with E-state index in [0.717, 1.165) is 43.1 Å². The Morgan fingerprint density at radius 1 is 1.05 bits per heavy atom. The molecule has 1 aromatic carbocycles. The maximum absolute atomic E-state index is 13.2. The Morgan fingerprint density at radius 2 is 1.79 bits per heavy atom. The molecule has 0 radical (unpaired) electrons. The maximum Gasteiger partial charge on any atom is 0.263 e. The van der Waals surface area contributed by atoms with Crippen molar-refractivity contribution in [2.24, 2.45) is 0 Å². The van der Waals surface area contributed by atoms with E-state index in [4.69, 9.17) is 4.74 Å². The maximum atomic E-state index is 13.2. The summed E-state index contributed by atoms with van der Waals surface area (Å²) < 4.78 is 5.60. The third-order valence-corrected chi connectivity index (χ3v) is 7.12. The third kappa shape index (κ3) is 5.31. The van der Waals surface area contributed by atoms with Gasteiger partial charge in [0.05, 0.1) is 17.6 Å². The second-order valence-electron chi connectivity index (χ2n) is 10.6. The summed E-state index contributed by atoms with van der Waals surface area (Å²) in [6.45, 7) is 13.8. The van der Waals surface area contributed by atoms with Gasteiger partial charge in [-0.1, -0.05) is 0 Å². The fraction of sp³-hybridized carbons (Fsp3) is 0.393. The summed E-state index contributed by atoms with van der Waals surface area (Å²) >= 11 is 0. The van der Waals surface area contributed by atoms with Crippen LogP contribution in [0.1, 0.15) is 36.7 Å². The number of aromatic nitrogens is 2. The van der Waals surface area contributed by atoms with Gasteiger partial charge in [0.1, 0.15) is 17.9 Å². The summed E-state index contributed by atoms with van der Waals surface area (Å²) in [5.74, 6) is 0.0497. The molecular weight excluding hydrogens is 482 g/mol. The van der Waals surface area contributed by atoms with Crippen LogP contribution in [-0.2, 0) is 0 Å². The Balaban J connectivity index is 1.30. The Hall–Kier alpha value is -4.05. The van der Waals surface area contributed by atoms with Crippen molar-refractivity contribution in [1.82, 2.24) is 14.9 Å². The van der Waals surface area contributed by atoms with E-state index in [9.17, 15) is 9.59 Å². The van der Waals surface area contributed by atoms with E-state index in [0.29, 0.717) is 36.1 Å². The van der Waals surface area contributed by atoms with E-state index in [1.54, 1.807) is 12.3 Å². The number of benzene rings is 1. The molecule has 0 bridgehead atoms. The molecule has 1 saturated heterocycles. The molecule has 0 unspecified atom stereocenters. The van der Waals surface area contributed by atoms with Crippen molar-refractivity contribution >= 4 is 34.3 Å². The van der Waals surface area contributed by atoms with Crippen molar-refractivity contribution in [3.63, 3.8) is 0 Å². The van der Waals surface area contributed by atoms with Crippen molar-refractivity contribution in [1.29, 1.82) is 0 Å². The topological polar surface area (TPSA) is 115 Å². The van der Waals surface area contributed by atoms with Gasteiger partial charge in [-0.3, -0.25) is 14.5 Å². The summed E-state index contributed by atoms with van der Waals surface area (Å²) in [7, 11) is 0. The number of hydrogen-bond donors (Lipinski definition) is 4. The van der Waals surface area contributed by atoms with Crippen molar-refractivity contribution in [3.8, 4) is 5.88 Å². The number of hydrogen-bond acceptors (Lipinski definition) is 8. The number of piperazine rings is 1. The first-order chi connectivity index (χ1) is 18.2. The number of amides is 1. The lowest BCUT2D eigenvalue weighted by molar-refractivity contribution is 0.102. The molecule has 5 rings (SSSR count). The van der Waals surface area contributed by atoms with Crippen molar-refractivity contribution in [2.45, 2.75) is 33.2 Å². The molecular formula is C28H35N7O3. The summed E-state index contributed by atoms with van der Waals surface area (Å²) in [6.07, 6.45) is 3.16. The molecule has 1 amide bonds. The zero-order valence-corrected chi connectivity index (χ0v) is 22.4. The molecule has 2 aromatic heterocycles. The lowest BCUT2D eigenvalue weighted by Crippen LogP contribution is -2.53. The highest BCUT2D eigenvalue weighted by molar-refractivity contribution is 6.08. The molecule has 0 atom stereocenters. The van der Waals surface area contributed by atoms with Gasteiger partial charge in [-0.2, -0.15) is 0 Å². The minimum atomic E-state index is -0.495. The third-order valence-electron chi connectivity index (χ3n) is 7.12. The first kappa shape index (κ1) is 25.6. The van der Waals surface area contributed by atoms with Crippen LogP contribution >= 0.6 is 0 Å². The second-order valence-corrected chi connectivity index (χ2v) is 10.6. The summed E-state index contributed by atoms with van der Waals surface area (Å²) in [6, 6.07) is 9.43. The first-order valence-electron chi connectivity index (χ1n) is 13.0. The van der Waals surface area contributed by atoms with Gasteiger partial charge < -0.3 is 30.6 Å². The number of fused-ring (bicyclic) bond motifs is 1. The van der Waals surface area contributed by atoms with Gasteiger partial charge in [-0.15, -0.1) is 0 Å². The van der Waals surface area contributed by atoms with Gasteiger partial charge in [0.2, 0.25) is 5.88 Å². The molecule has 10 nitrogen and oxygen atoms in total. The van der Waals surface area contributed by atoms with Crippen LogP contribution in [0.25, 0.3) is 0 Å². The molecule has 2 aliphatic rings. The van der Waals surface area contributed by atoms with E-state index < -0.39 is 11.5 Å². The molecule has 0 saturated carbocycles. The van der Waals surface area contributed by atoms with E-state index in [-0.39, 0.29) is 11.1 Å². The molecule has 0 aliphatic carbocycles. The van der Waals surface area contributed by atoms with Gasteiger partial charge >= 0.3 is 0 Å². The number of pyridine rings is 2. The highest BCUT2D eigenvalue weighted by Gasteiger charge is 2.26. The van der Waals surface area contributed by atoms with Crippen molar-refractivity contribution in [3.05, 3.63) is 64.2 Å². The number of nitrogens with zero attached hydrogens (tertiary/aromatic N) is 3. The molecule has 2 aliphatic heterocycles. The number of rotatable bonds is 5. The standard InChI is InChI=1S/C28H35N7O3/c1-18-22(17-31-27-24(18)29-11-16-38-27)33-21-9-10-30-25(36)23(21)26(37)32-19-5-7-20(8-6-19)34-12-14-35(15-13-34)28(2,3)4/h5-10,17,29H,11-16H2,1-4H3,(H,32,37)(H2,30,33,36). The highest BCUT2D eigenvalue weighted by atomic mass is 16.5. The molecule has 200 valence electrons.